The lowest BCUT2D eigenvalue weighted by atomic mass is 9.87. The lowest BCUT2D eigenvalue weighted by molar-refractivity contribution is -0.129. The normalized spacial score (nSPS) is 15.6. The molecular formula is C25H31N3O3S. The number of piperidine rings is 1. The zero-order valence-electron chi connectivity index (χ0n) is 19.2. The Bertz CT molecular complexity index is 1250. The van der Waals surface area contributed by atoms with E-state index in [9.17, 15) is 13.2 Å². The number of sulfone groups is 1. The largest absolute Gasteiger partial charge is 0.354 e. The van der Waals surface area contributed by atoms with Gasteiger partial charge in [0.25, 0.3) is 0 Å². The third-order valence-electron chi connectivity index (χ3n) is 6.33. The fraction of sp³-hybridized carbons (Fsp3) is 0.440. The summed E-state index contributed by atoms with van der Waals surface area (Å²) in [5, 5.41) is 1.25. The quantitative estimate of drug-likeness (QED) is 0.620. The van der Waals surface area contributed by atoms with Crippen LogP contribution in [0.1, 0.15) is 55.3 Å². The first-order valence-corrected chi connectivity index (χ1v) is 13.2. The van der Waals surface area contributed by atoms with Crippen LogP contribution < -0.4 is 0 Å². The Labute approximate surface area is 190 Å². The molecule has 4 rings (SSSR count). The van der Waals surface area contributed by atoms with E-state index in [-0.39, 0.29) is 5.91 Å². The van der Waals surface area contributed by atoms with Gasteiger partial charge in [-0.25, -0.2) is 8.42 Å². The second kappa shape index (κ2) is 8.70. The molecule has 0 atom stereocenters. The number of H-pyrrole nitrogens is 1. The van der Waals surface area contributed by atoms with Crippen LogP contribution in [0.3, 0.4) is 0 Å². The van der Waals surface area contributed by atoms with Crippen molar-refractivity contribution < 1.29 is 13.2 Å². The maximum absolute atomic E-state index is 12.3. The summed E-state index contributed by atoms with van der Waals surface area (Å²) in [6, 6.07) is 10.8. The number of fused-ring (bicyclic) bond motifs is 1. The van der Waals surface area contributed by atoms with Crippen molar-refractivity contribution in [2.24, 2.45) is 0 Å². The van der Waals surface area contributed by atoms with Gasteiger partial charge in [-0.05, 0) is 67.0 Å². The minimum absolute atomic E-state index is 0.286. The topological polar surface area (TPSA) is 83.1 Å². The molecule has 1 aliphatic heterocycles. The summed E-state index contributed by atoms with van der Waals surface area (Å²) in [6.07, 6.45) is 4.65. The number of hydrogen-bond acceptors (Lipinski definition) is 4. The van der Waals surface area contributed by atoms with Gasteiger partial charge in [-0.3, -0.25) is 9.78 Å². The average molecular weight is 454 g/mol. The van der Waals surface area contributed by atoms with Crippen LogP contribution in [0.5, 0.6) is 0 Å². The molecule has 1 aromatic carbocycles. The molecule has 0 bridgehead atoms. The van der Waals surface area contributed by atoms with Gasteiger partial charge in [0.2, 0.25) is 5.91 Å². The minimum Gasteiger partial charge on any atom is -0.354 e. The zero-order chi connectivity index (χ0) is 23.0. The van der Waals surface area contributed by atoms with Crippen LogP contribution in [0.2, 0.25) is 0 Å². The van der Waals surface area contributed by atoms with E-state index >= 15 is 0 Å². The number of aryl methyl sites for hydroxylation is 1. The fourth-order valence-electron chi connectivity index (χ4n) is 4.79. The first kappa shape index (κ1) is 22.5. The Morgan fingerprint density at radius 3 is 2.53 bits per heavy atom. The van der Waals surface area contributed by atoms with E-state index in [1.165, 1.54) is 16.5 Å². The maximum Gasteiger partial charge on any atom is 0.237 e. The molecule has 0 radical (unpaired) electrons. The highest BCUT2D eigenvalue weighted by Crippen LogP contribution is 2.38. The number of amides is 1. The standard InChI is InChI=1S/C25H31N3O3S/c1-16(2)24-21-14-19(18-8-11-28(12-9-18)23(29)15-32(4,30)31)5-6-22(21)27-25(24)20-7-10-26-17(3)13-20/h5-7,10,13-14,16,18,27H,8-9,11-12,15H2,1-4H3. The first-order chi connectivity index (χ1) is 15.1. The van der Waals surface area contributed by atoms with Crippen LogP contribution in [0.4, 0.5) is 0 Å². The minimum atomic E-state index is -3.30. The summed E-state index contributed by atoms with van der Waals surface area (Å²) in [4.78, 5) is 21.9. The Morgan fingerprint density at radius 1 is 1.19 bits per heavy atom. The summed E-state index contributed by atoms with van der Waals surface area (Å²) in [7, 11) is -3.30. The number of aromatic amines is 1. The molecule has 0 aliphatic carbocycles. The number of hydrogen-bond donors (Lipinski definition) is 1. The van der Waals surface area contributed by atoms with E-state index in [4.69, 9.17) is 0 Å². The summed E-state index contributed by atoms with van der Waals surface area (Å²) < 4.78 is 22.9. The van der Waals surface area contributed by atoms with Crippen LogP contribution in [-0.4, -0.2) is 54.3 Å². The smallest absolute Gasteiger partial charge is 0.237 e. The number of carbonyl (C=O) groups is 1. The van der Waals surface area contributed by atoms with Gasteiger partial charge < -0.3 is 9.88 Å². The number of nitrogens with one attached hydrogen (secondary N) is 1. The molecule has 6 nitrogen and oxygen atoms in total. The van der Waals surface area contributed by atoms with Gasteiger partial charge in [-0.2, -0.15) is 0 Å². The molecule has 2 aromatic heterocycles. The lowest BCUT2D eigenvalue weighted by Gasteiger charge is -2.32. The van der Waals surface area contributed by atoms with Crippen LogP contribution >= 0.6 is 0 Å². The van der Waals surface area contributed by atoms with Crippen LogP contribution in [0.15, 0.2) is 36.5 Å². The second-order valence-electron chi connectivity index (χ2n) is 9.28. The molecule has 32 heavy (non-hydrogen) atoms. The van der Waals surface area contributed by atoms with Gasteiger partial charge >= 0.3 is 0 Å². The molecular weight excluding hydrogens is 422 g/mol. The van der Waals surface area contributed by atoms with Crippen LogP contribution in [0, 0.1) is 6.92 Å². The molecule has 1 saturated heterocycles. The number of likely N-dealkylation sites (tertiary alicyclic amines) is 1. The highest BCUT2D eigenvalue weighted by atomic mass is 32.2. The van der Waals surface area contributed by atoms with Crippen molar-refractivity contribution >= 4 is 26.6 Å². The molecule has 0 spiro atoms. The van der Waals surface area contributed by atoms with Gasteiger partial charge in [-0.1, -0.05) is 19.9 Å². The maximum atomic E-state index is 12.3. The predicted octanol–water partition coefficient (Wildman–Crippen LogP) is 4.41. The van der Waals surface area contributed by atoms with E-state index in [0.717, 1.165) is 41.6 Å². The van der Waals surface area contributed by atoms with Crippen molar-refractivity contribution in [2.75, 3.05) is 25.1 Å². The molecule has 0 saturated carbocycles. The molecule has 3 aromatic rings. The Balaban J connectivity index is 1.60. The SMILES string of the molecule is Cc1cc(-c2[nH]c3ccc(C4CCN(C(=O)CS(C)(=O)=O)CC4)cc3c2C(C)C)ccn1. The third-order valence-corrected chi connectivity index (χ3v) is 7.10. The fourth-order valence-corrected chi connectivity index (χ4v) is 5.42. The molecule has 7 heteroatoms. The Kier molecular flexibility index (Phi) is 6.12. The van der Waals surface area contributed by atoms with E-state index in [1.807, 2.05) is 19.2 Å². The third kappa shape index (κ3) is 4.72. The number of aromatic nitrogens is 2. The van der Waals surface area contributed by atoms with Crippen molar-refractivity contribution in [3.05, 3.63) is 53.3 Å². The van der Waals surface area contributed by atoms with Crippen LogP contribution in [-0.2, 0) is 14.6 Å². The van der Waals surface area contributed by atoms with Gasteiger partial charge in [0.1, 0.15) is 5.75 Å². The van der Waals surface area contributed by atoms with Crippen LogP contribution in [0.25, 0.3) is 22.2 Å². The van der Waals surface area contributed by atoms with Crippen molar-refractivity contribution in [2.45, 2.75) is 45.4 Å². The molecule has 1 fully saturated rings. The monoisotopic (exact) mass is 453 g/mol. The summed E-state index contributed by atoms with van der Waals surface area (Å²) in [5.74, 6) is 0.0367. The number of pyridine rings is 1. The van der Waals surface area contributed by atoms with Crippen molar-refractivity contribution in [3.63, 3.8) is 0 Å². The highest BCUT2D eigenvalue weighted by molar-refractivity contribution is 7.91. The van der Waals surface area contributed by atoms with Crippen molar-refractivity contribution in [1.82, 2.24) is 14.9 Å². The number of nitrogens with zero attached hydrogens (tertiary/aromatic N) is 2. The van der Waals surface area contributed by atoms with E-state index in [2.05, 4.69) is 48.1 Å². The predicted molar refractivity (Wildman–Crippen MR) is 129 cm³/mol. The summed E-state index contributed by atoms with van der Waals surface area (Å²) in [6.45, 7) is 7.65. The molecule has 3 heterocycles. The number of rotatable bonds is 5. The zero-order valence-corrected chi connectivity index (χ0v) is 20.0. The molecule has 170 valence electrons. The Morgan fingerprint density at radius 2 is 1.91 bits per heavy atom. The van der Waals surface area contributed by atoms with E-state index < -0.39 is 15.6 Å². The van der Waals surface area contributed by atoms with Crippen molar-refractivity contribution in [3.8, 4) is 11.3 Å². The first-order valence-electron chi connectivity index (χ1n) is 11.2. The van der Waals surface area contributed by atoms with Gasteiger partial charge in [0, 0.05) is 47.7 Å². The van der Waals surface area contributed by atoms with Gasteiger partial charge in [0.05, 0.1) is 5.69 Å². The van der Waals surface area contributed by atoms with E-state index in [0.29, 0.717) is 24.9 Å². The molecule has 1 amide bonds. The second-order valence-corrected chi connectivity index (χ2v) is 11.4. The van der Waals surface area contributed by atoms with E-state index in [1.54, 1.807) is 4.90 Å². The molecule has 1 aliphatic rings. The van der Waals surface area contributed by atoms with Gasteiger partial charge in [-0.15, -0.1) is 0 Å². The van der Waals surface area contributed by atoms with Gasteiger partial charge in [0.15, 0.2) is 9.84 Å². The average Bonchev–Trinajstić information content (AvgIpc) is 3.12. The Hall–Kier alpha value is -2.67. The summed E-state index contributed by atoms with van der Waals surface area (Å²) >= 11 is 0. The number of benzene rings is 1. The highest BCUT2D eigenvalue weighted by Gasteiger charge is 2.26. The summed E-state index contributed by atoms with van der Waals surface area (Å²) in [5.41, 5.74) is 7.02. The van der Waals surface area contributed by atoms with Crippen molar-refractivity contribution in [1.29, 1.82) is 0 Å². The molecule has 0 unspecified atom stereocenters. The number of carbonyl (C=O) groups excluding carboxylic acids is 1. The lowest BCUT2D eigenvalue weighted by Crippen LogP contribution is -2.40. The molecule has 1 N–H and O–H groups in total.